The molecule has 106 valence electrons. The van der Waals surface area contributed by atoms with Crippen molar-refractivity contribution in [1.82, 2.24) is 5.48 Å². The first kappa shape index (κ1) is 15.0. The van der Waals surface area contributed by atoms with Gasteiger partial charge in [0.15, 0.2) is 0 Å². The van der Waals surface area contributed by atoms with Crippen molar-refractivity contribution in [2.75, 3.05) is 6.54 Å². The first-order valence-electron chi connectivity index (χ1n) is 6.39. The molecule has 0 amide bonds. The molecule has 1 aromatic heterocycles. The summed E-state index contributed by atoms with van der Waals surface area (Å²) >= 11 is 7.75. The number of carbonyl (C=O) groups is 1. The number of benzene rings is 1. The number of hydrogen-bond donors (Lipinski definition) is 1. The molecule has 1 heterocycles. The Morgan fingerprint density at radius 2 is 2.15 bits per heavy atom. The second kappa shape index (κ2) is 7.43. The highest BCUT2D eigenvalue weighted by molar-refractivity contribution is 7.09. The van der Waals surface area contributed by atoms with Crippen LogP contribution in [-0.2, 0) is 16.1 Å². The normalized spacial score (nSPS) is 12.1. The molecule has 0 aliphatic carbocycles. The first-order valence-corrected chi connectivity index (χ1v) is 7.64. The smallest absolute Gasteiger partial charge is 0.331 e. The van der Waals surface area contributed by atoms with E-state index in [0.717, 1.165) is 12.0 Å². The maximum Gasteiger partial charge on any atom is 0.331 e. The molecule has 0 saturated heterocycles. The molecule has 1 atom stereocenters. The minimum atomic E-state index is -0.391. The van der Waals surface area contributed by atoms with Crippen molar-refractivity contribution in [1.29, 1.82) is 0 Å². The number of thiophene rings is 1. The monoisotopic (exact) mass is 309 g/mol. The van der Waals surface area contributed by atoms with E-state index in [2.05, 4.69) is 11.5 Å². The van der Waals surface area contributed by atoms with Crippen molar-refractivity contribution in [3.05, 3.63) is 57.2 Å². The Morgan fingerprint density at radius 3 is 2.85 bits per heavy atom. The fourth-order valence-electron chi connectivity index (χ4n) is 1.79. The number of nitrogens with one attached hydrogen (secondary N) is 1. The Kier molecular flexibility index (Phi) is 5.59. The molecular weight excluding hydrogens is 294 g/mol. The van der Waals surface area contributed by atoms with E-state index in [1.165, 1.54) is 4.88 Å². The van der Waals surface area contributed by atoms with Crippen LogP contribution in [0.25, 0.3) is 0 Å². The summed E-state index contributed by atoms with van der Waals surface area (Å²) in [6.45, 7) is 2.38. The van der Waals surface area contributed by atoms with E-state index in [1.807, 2.05) is 29.6 Å². The number of rotatable bonds is 6. The molecule has 0 fully saturated rings. The summed E-state index contributed by atoms with van der Waals surface area (Å²) < 4.78 is 0. The second-order valence-electron chi connectivity index (χ2n) is 4.39. The molecule has 1 aromatic carbocycles. The third-order valence-corrected chi connectivity index (χ3v) is 4.23. The average molecular weight is 310 g/mol. The largest absolute Gasteiger partial charge is 0.370 e. The lowest BCUT2D eigenvalue weighted by Crippen LogP contribution is -2.25. The van der Waals surface area contributed by atoms with Crippen LogP contribution < -0.4 is 5.48 Å². The first-order chi connectivity index (χ1) is 9.68. The molecule has 0 spiro atoms. The van der Waals surface area contributed by atoms with Crippen LogP contribution >= 0.6 is 22.9 Å². The van der Waals surface area contributed by atoms with Gasteiger partial charge in [0.25, 0.3) is 0 Å². The SMILES string of the molecule is C[C@H](C(=O)ONCCc1cccs1)c1ccccc1Cl. The third kappa shape index (κ3) is 4.07. The average Bonchev–Trinajstić information content (AvgIpc) is 2.96. The molecule has 2 aromatic rings. The molecule has 3 nitrogen and oxygen atoms in total. The Bertz CT molecular complexity index is 557. The lowest BCUT2D eigenvalue weighted by atomic mass is 10.0. The van der Waals surface area contributed by atoms with Gasteiger partial charge in [-0.25, -0.2) is 4.79 Å². The highest BCUT2D eigenvalue weighted by atomic mass is 35.5. The lowest BCUT2D eigenvalue weighted by Gasteiger charge is -2.12. The Hall–Kier alpha value is -1.36. The van der Waals surface area contributed by atoms with Gasteiger partial charge in [-0.2, -0.15) is 5.48 Å². The van der Waals surface area contributed by atoms with Crippen molar-refractivity contribution >= 4 is 28.9 Å². The minimum Gasteiger partial charge on any atom is -0.370 e. The van der Waals surface area contributed by atoms with Crippen LogP contribution in [0.15, 0.2) is 41.8 Å². The van der Waals surface area contributed by atoms with Crippen molar-refractivity contribution in [2.24, 2.45) is 0 Å². The zero-order valence-corrected chi connectivity index (χ0v) is 12.7. The van der Waals surface area contributed by atoms with Gasteiger partial charge >= 0.3 is 5.97 Å². The zero-order valence-electron chi connectivity index (χ0n) is 11.1. The Labute approximate surface area is 127 Å². The van der Waals surface area contributed by atoms with Gasteiger partial charge in [0.2, 0.25) is 0 Å². The maximum absolute atomic E-state index is 11.9. The lowest BCUT2D eigenvalue weighted by molar-refractivity contribution is -0.152. The molecule has 0 bridgehead atoms. The molecule has 0 radical (unpaired) electrons. The van der Waals surface area contributed by atoms with Crippen LogP contribution in [-0.4, -0.2) is 12.5 Å². The molecule has 0 aliphatic rings. The van der Waals surface area contributed by atoms with E-state index in [4.69, 9.17) is 16.4 Å². The van der Waals surface area contributed by atoms with Crippen molar-refractivity contribution in [3.63, 3.8) is 0 Å². The zero-order chi connectivity index (χ0) is 14.4. The number of halogens is 1. The van der Waals surface area contributed by atoms with Crippen molar-refractivity contribution in [2.45, 2.75) is 19.3 Å². The molecule has 0 aliphatic heterocycles. The second-order valence-corrected chi connectivity index (χ2v) is 5.83. The summed E-state index contributed by atoms with van der Waals surface area (Å²) in [6.07, 6.45) is 0.839. The molecular formula is C15H16ClNO2S. The van der Waals surface area contributed by atoms with Gasteiger partial charge in [0, 0.05) is 16.4 Å². The van der Waals surface area contributed by atoms with Gasteiger partial charge in [-0.15, -0.1) is 11.3 Å². The fraction of sp³-hybridized carbons (Fsp3) is 0.267. The highest BCUT2D eigenvalue weighted by Crippen LogP contribution is 2.24. The predicted molar refractivity (Wildman–Crippen MR) is 82.0 cm³/mol. The van der Waals surface area contributed by atoms with Crippen LogP contribution in [0.1, 0.15) is 23.3 Å². The minimum absolute atomic E-state index is 0.329. The summed E-state index contributed by atoms with van der Waals surface area (Å²) in [4.78, 5) is 18.2. The molecule has 1 N–H and O–H groups in total. The number of hydroxylamine groups is 1. The maximum atomic E-state index is 11.9. The topological polar surface area (TPSA) is 38.3 Å². The van der Waals surface area contributed by atoms with Gasteiger partial charge in [-0.1, -0.05) is 35.9 Å². The Balaban J connectivity index is 1.78. The van der Waals surface area contributed by atoms with Crippen LogP contribution in [0.3, 0.4) is 0 Å². The van der Waals surface area contributed by atoms with E-state index in [1.54, 1.807) is 24.3 Å². The molecule has 0 unspecified atom stereocenters. The fourth-order valence-corrected chi connectivity index (χ4v) is 2.80. The summed E-state index contributed by atoms with van der Waals surface area (Å²) in [5, 5.41) is 2.61. The van der Waals surface area contributed by atoms with E-state index >= 15 is 0 Å². The van der Waals surface area contributed by atoms with Crippen LogP contribution in [0.5, 0.6) is 0 Å². The van der Waals surface area contributed by atoms with Crippen LogP contribution in [0.4, 0.5) is 0 Å². The molecule has 5 heteroatoms. The van der Waals surface area contributed by atoms with Crippen molar-refractivity contribution in [3.8, 4) is 0 Å². The van der Waals surface area contributed by atoms with E-state index in [0.29, 0.717) is 11.6 Å². The standard InChI is InChI=1S/C15H16ClNO2S/c1-11(13-6-2-3-7-14(13)16)15(18)19-17-9-8-12-5-4-10-20-12/h2-7,10-11,17H,8-9H2,1H3/t11-/m0/s1. The number of hydrogen-bond acceptors (Lipinski definition) is 4. The third-order valence-electron chi connectivity index (χ3n) is 2.95. The predicted octanol–water partition coefficient (Wildman–Crippen LogP) is 3.80. The summed E-state index contributed by atoms with van der Waals surface area (Å²) in [6, 6.07) is 11.4. The Morgan fingerprint density at radius 1 is 1.35 bits per heavy atom. The van der Waals surface area contributed by atoms with E-state index in [9.17, 15) is 4.79 Å². The summed E-state index contributed by atoms with van der Waals surface area (Å²) in [5.41, 5.74) is 3.48. The van der Waals surface area contributed by atoms with Crippen LogP contribution in [0.2, 0.25) is 5.02 Å². The van der Waals surface area contributed by atoms with Gasteiger partial charge in [-0.3, -0.25) is 0 Å². The molecule has 20 heavy (non-hydrogen) atoms. The molecule has 2 rings (SSSR count). The van der Waals surface area contributed by atoms with Gasteiger partial charge in [0.05, 0.1) is 5.92 Å². The van der Waals surface area contributed by atoms with Gasteiger partial charge in [0.1, 0.15) is 0 Å². The van der Waals surface area contributed by atoms with E-state index < -0.39 is 5.92 Å². The highest BCUT2D eigenvalue weighted by Gasteiger charge is 2.19. The van der Waals surface area contributed by atoms with Gasteiger partial charge in [-0.05, 0) is 36.4 Å². The van der Waals surface area contributed by atoms with Crippen LogP contribution in [0, 0.1) is 0 Å². The van der Waals surface area contributed by atoms with Crippen molar-refractivity contribution < 1.29 is 9.63 Å². The number of carbonyl (C=O) groups excluding carboxylic acids is 1. The quantitative estimate of drug-likeness (QED) is 0.651. The van der Waals surface area contributed by atoms with Gasteiger partial charge < -0.3 is 4.84 Å². The van der Waals surface area contributed by atoms with E-state index in [-0.39, 0.29) is 5.97 Å². The summed E-state index contributed by atoms with van der Waals surface area (Å²) in [7, 11) is 0. The summed E-state index contributed by atoms with van der Waals surface area (Å²) in [5.74, 6) is -0.720. The molecule has 0 saturated carbocycles.